The van der Waals surface area contributed by atoms with Gasteiger partial charge in [0.05, 0.1) is 8.95 Å². The summed E-state index contributed by atoms with van der Waals surface area (Å²) in [5.74, 6) is -0.291. The molecule has 0 unspecified atom stereocenters. The van der Waals surface area contributed by atoms with E-state index >= 15 is 0 Å². The molecule has 0 spiro atoms. The van der Waals surface area contributed by atoms with E-state index in [1.165, 1.54) is 12.1 Å². The number of halogens is 3. The Labute approximate surface area is 218 Å². The highest BCUT2D eigenvalue weighted by molar-refractivity contribution is 9.11. The maximum Gasteiger partial charge on any atom is 0.261 e. The fourth-order valence-corrected chi connectivity index (χ4v) is 5.08. The van der Waals surface area contributed by atoms with Gasteiger partial charge in [0, 0.05) is 29.2 Å². The Hall–Kier alpha value is -3.41. The highest BCUT2D eigenvalue weighted by Gasteiger charge is 2.13. The molecule has 0 fully saturated rings. The number of H-pyrrole nitrogens is 1. The van der Waals surface area contributed by atoms with Gasteiger partial charge in [-0.3, -0.25) is 4.79 Å². The first-order chi connectivity index (χ1) is 17.0. The number of rotatable bonds is 8. The van der Waals surface area contributed by atoms with Crippen LogP contribution in [0.5, 0.6) is 5.75 Å². The van der Waals surface area contributed by atoms with Crippen molar-refractivity contribution in [3.63, 3.8) is 0 Å². The molecule has 5 nitrogen and oxygen atoms in total. The number of nitriles is 1. The molecule has 0 aliphatic carbocycles. The molecule has 0 aliphatic rings. The molecule has 0 radical (unpaired) electrons. The van der Waals surface area contributed by atoms with Crippen molar-refractivity contribution in [3.05, 3.63) is 104 Å². The third-order valence-corrected chi connectivity index (χ3v) is 6.56. The minimum absolute atomic E-state index is 0.0113. The summed E-state index contributed by atoms with van der Waals surface area (Å²) < 4.78 is 20.9. The number of para-hydroxylation sites is 1. The molecule has 4 rings (SSSR count). The van der Waals surface area contributed by atoms with Crippen molar-refractivity contribution in [2.24, 2.45) is 0 Å². The van der Waals surface area contributed by atoms with Crippen LogP contribution in [-0.2, 0) is 17.8 Å². The van der Waals surface area contributed by atoms with Crippen LogP contribution in [0.1, 0.15) is 16.7 Å². The third-order valence-electron chi connectivity index (χ3n) is 5.38. The molecule has 1 aromatic heterocycles. The van der Waals surface area contributed by atoms with Gasteiger partial charge in [-0.15, -0.1) is 0 Å². The number of carbonyl (C=O) groups excluding carboxylic acids is 1. The number of carbonyl (C=O) groups is 1. The zero-order valence-electron chi connectivity index (χ0n) is 18.4. The van der Waals surface area contributed by atoms with E-state index in [2.05, 4.69) is 42.2 Å². The Bertz CT molecular complexity index is 1430. The van der Waals surface area contributed by atoms with Crippen molar-refractivity contribution in [2.75, 3.05) is 6.54 Å². The summed E-state index contributed by atoms with van der Waals surface area (Å²) in [7, 11) is 0. The number of ether oxygens (including phenoxy) is 1. The van der Waals surface area contributed by atoms with Crippen LogP contribution in [0, 0.1) is 17.1 Å². The standard InChI is InChI=1S/C27H20Br2FN3O2/c28-22-12-17(13-23(29)26(22)35-16-19-5-1-3-7-24(19)30)11-20(14-31)27(34)32-10-9-18-15-33-25-8-4-2-6-21(18)25/h1-8,11-13,15,33H,9-10,16H2,(H,32,34)/b20-11-. The molecule has 176 valence electrons. The highest BCUT2D eigenvalue weighted by atomic mass is 79.9. The van der Waals surface area contributed by atoms with Gasteiger partial charge in [-0.2, -0.15) is 5.26 Å². The number of nitrogens with zero attached hydrogens (tertiary/aromatic N) is 1. The molecule has 35 heavy (non-hydrogen) atoms. The smallest absolute Gasteiger partial charge is 0.261 e. The Kier molecular flexibility index (Phi) is 8.01. The van der Waals surface area contributed by atoms with Gasteiger partial charge in [0.25, 0.3) is 5.91 Å². The van der Waals surface area contributed by atoms with Gasteiger partial charge in [0.15, 0.2) is 0 Å². The van der Waals surface area contributed by atoms with Crippen LogP contribution in [-0.4, -0.2) is 17.4 Å². The molecule has 0 aliphatic heterocycles. The normalized spacial score (nSPS) is 11.3. The summed E-state index contributed by atoms with van der Waals surface area (Å²) in [6.07, 6.45) is 4.08. The SMILES string of the molecule is N#C/C(=C/c1cc(Br)c(OCc2ccccc2F)c(Br)c1)C(=O)NCCc1c[nH]c2ccccc12. The first-order valence-electron chi connectivity index (χ1n) is 10.8. The number of hydrogen-bond donors (Lipinski definition) is 2. The summed E-state index contributed by atoms with van der Waals surface area (Å²) in [5, 5.41) is 13.5. The zero-order chi connectivity index (χ0) is 24.8. The van der Waals surface area contributed by atoms with Gasteiger partial charge >= 0.3 is 0 Å². The molecule has 0 atom stereocenters. The average molecular weight is 597 g/mol. The van der Waals surface area contributed by atoms with Crippen LogP contribution in [0.4, 0.5) is 4.39 Å². The van der Waals surface area contributed by atoms with Crippen molar-refractivity contribution in [3.8, 4) is 11.8 Å². The largest absolute Gasteiger partial charge is 0.486 e. The number of fused-ring (bicyclic) bond motifs is 1. The number of aromatic amines is 1. The second kappa shape index (κ2) is 11.3. The maximum atomic E-state index is 13.9. The summed E-state index contributed by atoms with van der Waals surface area (Å²) in [4.78, 5) is 15.8. The first kappa shape index (κ1) is 24.7. The number of amides is 1. The summed E-state index contributed by atoms with van der Waals surface area (Å²) in [6.45, 7) is 0.456. The quantitative estimate of drug-likeness (QED) is 0.176. The number of nitrogens with one attached hydrogen (secondary N) is 2. The van der Waals surface area contributed by atoms with Crippen LogP contribution in [0.3, 0.4) is 0 Å². The van der Waals surface area contributed by atoms with Crippen molar-refractivity contribution >= 4 is 54.7 Å². The molecular weight excluding hydrogens is 577 g/mol. The monoisotopic (exact) mass is 595 g/mol. The van der Waals surface area contributed by atoms with Crippen LogP contribution in [0.15, 0.2) is 81.4 Å². The van der Waals surface area contributed by atoms with Gasteiger partial charge in [-0.05, 0) is 79.7 Å². The minimum Gasteiger partial charge on any atom is -0.486 e. The summed E-state index contributed by atoms with van der Waals surface area (Å²) in [6, 6.07) is 19.8. The molecule has 0 bridgehead atoms. The molecule has 3 aromatic carbocycles. The second-order valence-electron chi connectivity index (χ2n) is 7.73. The molecule has 0 saturated heterocycles. The van der Waals surface area contributed by atoms with Gasteiger partial charge in [-0.1, -0.05) is 36.4 Å². The van der Waals surface area contributed by atoms with E-state index in [4.69, 9.17) is 4.74 Å². The highest BCUT2D eigenvalue weighted by Crippen LogP contribution is 2.36. The van der Waals surface area contributed by atoms with Gasteiger partial charge in [0.1, 0.15) is 29.8 Å². The minimum atomic E-state index is -0.445. The lowest BCUT2D eigenvalue weighted by Gasteiger charge is -2.12. The van der Waals surface area contributed by atoms with Crippen molar-refractivity contribution in [1.82, 2.24) is 10.3 Å². The predicted octanol–water partition coefficient (Wildman–Crippen LogP) is 6.68. The van der Waals surface area contributed by atoms with Crippen molar-refractivity contribution < 1.29 is 13.9 Å². The molecule has 8 heteroatoms. The lowest BCUT2D eigenvalue weighted by molar-refractivity contribution is -0.117. The van der Waals surface area contributed by atoms with Gasteiger partial charge in [-0.25, -0.2) is 4.39 Å². The van der Waals surface area contributed by atoms with Gasteiger partial charge in [0.2, 0.25) is 0 Å². The summed E-state index contributed by atoms with van der Waals surface area (Å²) >= 11 is 6.92. The molecule has 2 N–H and O–H groups in total. The van der Waals surface area contributed by atoms with Crippen LogP contribution in [0.25, 0.3) is 17.0 Å². The fraction of sp³-hybridized carbons (Fsp3) is 0.111. The lowest BCUT2D eigenvalue weighted by atomic mass is 10.1. The maximum absolute atomic E-state index is 13.9. The molecule has 1 heterocycles. The zero-order valence-corrected chi connectivity index (χ0v) is 21.6. The van der Waals surface area contributed by atoms with E-state index in [9.17, 15) is 14.4 Å². The molecular formula is C27H20Br2FN3O2. The van der Waals surface area contributed by atoms with E-state index in [0.717, 1.165) is 16.5 Å². The Morgan fingerprint density at radius 1 is 1.09 bits per heavy atom. The van der Waals surface area contributed by atoms with Crippen molar-refractivity contribution in [2.45, 2.75) is 13.0 Å². The molecule has 0 saturated carbocycles. The first-order valence-corrected chi connectivity index (χ1v) is 12.3. The Morgan fingerprint density at radius 3 is 2.54 bits per heavy atom. The molecule has 1 amide bonds. The summed E-state index contributed by atoms with van der Waals surface area (Å²) in [5.41, 5.74) is 3.20. The lowest BCUT2D eigenvalue weighted by Crippen LogP contribution is -2.26. The van der Waals surface area contributed by atoms with Crippen LogP contribution < -0.4 is 10.1 Å². The third kappa shape index (κ3) is 5.99. The van der Waals surface area contributed by atoms with E-state index in [1.54, 1.807) is 30.3 Å². The molecule has 4 aromatic rings. The predicted molar refractivity (Wildman–Crippen MR) is 141 cm³/mol. The fourth-order valence-electron chi connectivity index (χ4n) is 3.63. The average Bonchev–Trinajstić information content (AvgIpc) is 3.26. The van der Waals surface area contributed by atoms with Crippen LogP contribution >= 0.6 is 31.9 Å². The van der Waals surface area contributed by atoms with E-state index in [-0.39, 0.29) is 18.0 Å². The van der Waals surface area contributed by atoms with E-state index < -0.39 is 5.91 Å². The van der Waals surface area contributed by atoms with Gasteiger partial charge < -0.3 is 15.0 Å². The number of aromatic nitrogens is 1. The Morgan fingerprint density at radius 2 is 1.80 bits per heavy atom. The number of benzene rings is 3. The van der Waals surface area contributed by atoms with Crippen LogP contribution in [0.2, 0.25) is 0 Å². The Balaban J connectivity index is 1.41. The van der Waals surface area contributed by atoms with E-state index in [0.29, 0.717) is 38.8 Å². The van der Waals surface area contributed by atoms with Crippen molar-refractivity contribution in [1.29, 1.82) is 5.26 Å². The second-order valence-corrected chi connectivity index (χ2v) is 9.44. The topological polar surface area (TPSA) is 77.9 Å². The number of hydrogen-bond acceptors (Lipinski definition) is 3. The van der Waals surface area contributed by atoms with E-state index in [1.807, 2.05) is 36.5 Å².